The molecule has 5 aliphatic rings. The van der Waals surface area contributed by atoms with Gasteiger partial charge in [0.1, 0.15) is 0 Å². The maximum Gasteiger partial charge on any atom is 0.0657 e. The van der Waals surface area contributed by atoms with Gasteiger partial charge < -0.3 is 20.4 Å². The largest absolute Gasteiger partial charge is 0.393 e. The Bertz CT molecular complexity index is 825. The molecule has 0 saturated heterocycles. The van der Waals surface area contributed by atoms with Crippen LogP contribution in [0.25, 0.3) is 0 Å². The van der Waals surface area contributed by atoms with Gasteiger partial charge in [0, 0.05) is 11.3 Å². The molecule has 0 aromatic carbocycles. The van der Waals surface area contributed by atoms with E-state index in [-0.39, 0.29) is 52.6 Å². The minimum absolute atomic E-state index is 0.0847. The van der Waals surface area contributed by atoms with E-state index in [1.807, 2.05) is 6.92 Å². The predicted molar refractivity (Wildman–Crippen MR) is 144 cm³/mol. The van der Waals surface area contributed by atoms with E-state index in [0.29, 0.717) is 29.6 Å². The summed E-state index contributed by atoms with van der Waals surface area (Å²) in [5.74, 6) is 2.74. The van der Waals surface area contributed by atoms with Crippen LogP contribution in [-0.2, 0) is 0 Å². The molecule has 16 atom stereocenters. The van der Waals surface area contributed by atoms with Crippen molar-refractivity contribution in [2.45, 2.75) is 125 Å². The van der Waals surface area contributed by atoms with Gasteiger partial charge in [-0.25, -0.2) is 0 Å². The van der Waals surface area contributed by atoms with Crippen LogP contribution in [0.15, 0.2) is 0 Å². The van der Waals surface area contributed by atoms with Crippen LogP contribution in [0.3, 0.4) is 0 Å². The van der Waals surface area contributed by atoms with Crippen molar-refractivity contribution >= 4 is 0 Å². The van der Waals surface area contributed by atoms with Gasteiger partial charge in [0.2, 0.25) is 0 Å². The fourth-order valence-electron chi connectivity index (χ4n) is 12.0. The molecular weight excluding hydrogens is 448 g/mol. The van der Waals surface area contributed by atoms with Crippen molar-refractivity contribution in [3.63, 3.8) is 0 Å². The average molecular weight is 505 g/mol. The lowest BCUT2D eigenvalue weighted by atomic mass is 9.29. The van der Waals surface area contributed by atoms with Crippen molar-refractivity contribution in [3.05, 3.63) is 0 Å². The number of hydrogen-bond donors (Lipinski definition) is 4. The number of aliphatic hydroxyl groups is 4. The van der Waals surface area contributed by atoms with Gasteiger partial charge >= 0.3 is 0 Å². The number of hydrogen-bond acceptors (Lipinski definition) is 4. The van der Waals surface area contributed by atoms with E-state index in [0.717, 1.165) is 25.7 Å². The molecule has 5 saturated carbocycles. The summed E-state index contributed by atoms with van der Waals surface area (Å²) >= 11 is 0. The molecule has 0 spiro atoms. The van der Waals surface area contributed by atoms with Crippen molar-refractivity contribution < 1.29 is 20.4 Å². The molecule has 5 fully saturated rings. The maximum atomic E-state index is 12.3. The molecule has 16 unspecified atom stereocenters. The second-order valence-corrected chi connectivity index (χ2v) is 15.4. The lowest BCUT2D eigenvalue weighted by molar-refractivity contribution is -0.320. The van der Waals surface area contributed by atoms with Crippen LogP contribution in [-0.4, -0.2) is 44.8 Å². The van der Waals surface area contributed by atoms with Gasteiger partial charge in [-0.3, -0.25) is 0 Å². The third-order valence-corrected chi connectivity index (χ3v) is 14.3. The Morgan fingerprint density at radius 2 is 1.50 bits per heavy atom. The van der Waals surface area contributed by atoms with Crippen LogP contribution in [0.4, 0.5) is 0 Å². The first-order valence-corrected chi connectivity index (χ1v) is 15.4. The van der Waals surface area contributed by atoms with Crippen molar-refractivity contribution in [3.8, 4) is 0 Å². The molecule has 0 heterocycles. The summed E-state index contributed by atoms with van der Waals surface area (Å²) in [5, 5.41) is 46.7. The fraction of sp³-hybridized carbons (Fsp3) is 1.00. The first kappa shape index (κ1) is 27.4. The average Bonchev–Trinajstić information content (AvgIpc) is 3.63. The van der Waals surface area contributed by atoms with Gasteiger partial charge in [0.15, 0.2) is 0 Å². The highest BCUT2D eigenvalue weighted by atomic mass is 16.3. The summed E-state index contributed by atoms with van der Waals surface area (Å²) in [7, 11) is 0. The van der Waals surface area contributed by atoms with Crippen LogP contribution in [0, 0.1) is 75.4 Å². The minimum atomic E-state index is -0.629. The van der Waals surface area contributed by atoms with Crippen LogP contribution in [0.1, 0.15) is 100 Å². The molecule has 208 valence electrons. The van der Waals surface area contributed by atoms with Crippen molar-refractivity contribution in [2.24, 2.45) is 75.4 Å². The first-order chi connectivity index (χ1) is 16.7. The molecular formula is C32H56O4. The summed E-state index contributed by atoms with van der Waals surface area (Å²) in [6.45, 7) is 18.4. The third kappa shape index (κ3) is 3.45. The van der Waals surface area contributed by atoms with Crippen LogP contribution in [0.2, 0.25) is 0 Å². The first-order valence-electron chi connectivity index (χ1n) is 15.4. The van der Waals surface area contributed by atoms with E-state index in [1.165, 1.54) is 19.3 Å². The molecule has 4 N–H and O–H groups in total. The van der Waals surface area contributed by atoms with Crippen molar-refractivity contribution in [1.82, 2.24) is 0 Å². The number of aliphatic hydroxyl groups excluding tert-OH is 4. The molecule has 36 heavy (non-hydrogen) atoms. The van der Waals surface area contributed by atoms with E-state index >= 15 is 0 Å². The van der Waals surface area contributed by atoms with Gasteiger partial charge in [-0.05, 0) is 103 Å². The van der Waals surface area contributed by atoms with E-state index in [1.54, 1.807) is 0 Å². The van der Waals surface area contributed by atoms with Gasteiger partial charge in [0.25, 0.3) is 0 Å². The summed E-state index contributed by atoms with van der Waals surface area (Å²) < 4.78 is 0. The predicted octanol–water partition coefficient (Wildman–Crippen LogP) is 5.51. The molecule has 5 aliphatic carbocycles. The molecule has 0 aromatic rings. The quantitative estimate of drug-likeness (QED) is 0.407. The Hall–Kier alpha value is -0.160. The smallest absolute Gasteiger partial charge is 0.0657 e. The minimum Gasteiger partial charge on any atom is -0.393 e. The van der Waals surface area contributed by atoms with Crippen LogP contribution >= 0.6 is 0 Å². The van der Waals surface area contributed by atoms with Crippen molar-refractivity contribution in [2.75, 3.05) is 0 Å². The zero-order chi connectivity index (χ0) is 26.5. The third-order valence-electron chi connectivity index (χ3n) is 14.3. The van der Waals surface area contributed by atoms with Gasteiger partial charge in [0.05, 0.1) is 24.4 Å². The number of fused-ring (bicyclic) bond motifs is 3. The van der Waals surface area contributed by atoms with Crippen LogP contribution < -0.4 is 0 Å². The highest BCUT2D eigenvalue weighted by Gasteiger charge is 2.74. The molecule has 0 aliphatic heterocycles. The molecule has 4 heteroatoms. The second-order valence-electron chi connectivity index (χ2n) is 15.4. The van der Waals surface area contributed by atoms with E-state index in [9.17, 15) is 20.4 Å². The summed E-state index contributed by atoms with van der Waals surface area (Å²) in [6.07, 6.45) is 5.79. The summed E-state index contributed by atoms with van der Waals surface area (Å²) in [4.78, 5) is 0. The molecule has 0 amide bonds. The van der Waals surface area contributed by atoms with Crippen LogP contribution in [0.5, 0.6) is 0 Å². The molecule has 0 radical (unpaired) electrons. The second kappa shape index (κ2) is 8.93. The molecule has 0 aromatic heterocycles. The SMILES string of the molecule is CC(O)C1C(C)CC2(C)C(CC(O)C3CC3)C3(C)C(C)C4CCCC(C)C4C(O)C3C(C)C2(C)C1O. The zero-order valence-corrected chi connectivity index (χ0v) is 24.3. The number of rotatable bonds is 4. The molecule has 5 rings (SSSR count). The van der Waals surface area contributed by atoms with E-state index < -0.39 is 17.6 Å². The summed E-state index contributed by atoms with van der Waals surface area (Å²) in [5.41, 5.74) is -0.720. The highest BCUT2D eigenvalue weighted by molar-refractivity contribution is 5.22. The Balaban J connectivity index is 1.68. The normalized spacial score (nSPS) is 58.8. The highest BCUT2D eigenvalue weighted by Crippen LogP contribution is 2.76. The zero-order valence-electron chi connectivity index (χ0n) is 24.3. The molecule has 4 nitrogen and oxygen atoms in total. The topological polar surface area (TPSA) is 80.9 Å². The van der Waals surface area contributed by atoms with Gasteiger partial charge in [-0.1, -0.05) is 61.3 Å². The van der Waals surface area contributed by atoms with Crippen molar-refractivity contribution in [1.29, 1.82) is 0 Å². The molecule has 0 bridgehead atoms. The monoisotopic (exact) mass is 504 g/mol. The van der Waals surface area contributed by atoms with E-state index in [2.05, 4.69) is 48.5 Å². The van der Waals surface area contributed by atoms with Gasteiger partial charge in [-0.2, -0.15) is 0 Å². The lowest BCUT2D eigenvalue weighted by Crippen LogP contribution is -2.75. The Morgan fingerprint density at radius 1 is 0.861 bits per heavy atom. The summed E-state index contributed by atoms with van der Waals surface area (Å²) in [6, 6.07) is 0. The van der Waals surface area contributed by atoms with E-state index in [4.69, 9.17) is 0 Å². The Kier molecular flexibility index (Phi) is 6.80. The fourth-order valence-corrected chi connectivity index (χ4v) is 12.0. The Morgan fingerprint density at radius 3 is 2.08 bits per heavy atom. The van der Waals surface area contributed by atoms with Gasteiger partial charge in [-0.15, -0.1) is 0 Å². The maximum absolute atomic E-state index is 12.3. The standard InChI is InChI=1S/C32H56O4/c1-16-10-9-11-22-18(3)31(7)24(14-23(34)21-12-13-21)30(6)15-17(2)25(20(5)33)29(36)32(30,8)19(4)27(31)28(35)26(16)22/h16-29,33-36H,9-15H2,1-8H3. The lowest BCUT2D eigenvalue weighted by Gasteiger charge is -2.76. The Labute approximate surface area is 220 Å².